The lowest BCUT2D eigenvalue weighted by Gasteiger charge is -2.11. The normalized spacial score (nSPS) is 11.4. The molecule has 0 aliphatic rings. The van der Waals surface area contributed by atoms with Crippen LogP contribution in [0.25, 0.3) is 10.9 Å². The standard InChI is InChI=1S/C15H22N2O/c1-10(2)9-17-11(3)14(8-16)13-7-12(18-4)5-6-15(13)17/h5-7,10H,8-9,16H2,1-4H3. The van der Waals surface area contributed by atoms with Crippen LogP contribution in [0.4, 0.5) is 0 Å². The van der Waals surface area contributed by atoms with Gasteiger partial charge < -0.3 is 15.0 Å². The monoisotopic (exact) mass is 246 g/mol. The maximum atomic E-state index is 5.90. The van der Waals surface area contributed by atoms with Crippen molar-refractivity contribution in [2.45, 2.75) is 33.9 Å². The molecule has 0 amide bonds. The van der Waals surface area contributed by atoms with Gasteiger partial charge in [0.15, 0.2) is 0 Å². The molecule has 0 saturated carbocycles. The SMILES string of the molecule is COc1ccc2c(c1)c(CN)c(C)n2CC(C)C. The number of nitrogens with zero attached hydrogens (tertiary/aromatic N) is 1. The van der Waals surface area contributed by atoms with Crippen LogP contribution in [0.2, 0.25) is 0 Å². The Hall–Kier alpha value is -1.48. The summed E-state index contributed by atoms with van der Waals surface area (Å²) in [6, 6.07) is 6.23. The van der Waals surface area contributed by atoms with Crippen molar-refractivity contribution in [1.82, 2.24) is 4.57 Å². The third-order valence-electron chi connectivity index (χ3n) is 3.41. The van der Waals surface area contributed by atoms with Crippen molar-refractivity contribution in [3.8, 4) is 5.75 Å². The van der Waals surface area contributed by atoms with Gasteiger partial charge >= 0.3 is 0 Å². The van der Waals surface area contributed by atoms with Crippen LogP contribution in [-0.2, 0) is 13.1 Å². The average molecular weight is 246 g/mol. The molecule has 2 aromatic rings. The number of aromatic nitrogens is 1. The molecule has 0 bridgehead atoms. The van der Waals surface area contributed by atoms with Crippen LogP contribution in [0.15, 0.2) is 18.2 Å². The molecule has 1 heterocycles. The molecule has 0 aliphatic carbocycles. The lowest BCUT2D eigenvalue weighted by Crippen LogP contribution is -2.07. The number of fused-ring (bicyclic) bond motifs is 1. The van der Waals surface area contributed by atoms with Crippen LogP contribution >= 0.6 is 0 Å². The minimum absolute atomic E-state index is 0.570. The van der Waals surface area contributed by atoms with E-state index in [1.807, 2.05) is 6.07 Å². The van der Waals surface area contributed by atoms with E-state index in [0.717, 1.165) is 12.3 Å². The van der Waals surface area contributed by atoms with E-state index >= 15 is 0 Å². The minimum Gasteiger partial charge on any atom is -0.497 e. The largest absolute Gasteiger partial charge is 0.497 e. The van der Waals surface area contributed by atoms with E-state index in [9.17, 15) is 0 Å². The van der Waals surface area contributed by atoms with Crippen molar-refractivity contribution in [2.24, 2.45) is 11.7 Å². The Morgan fingerprint density at radius 3 is 2.61 bits per heavy atom. The minimum atomic E-state index is 0.570. The molecule has 0 spiro atoms. The highest BCUT2D eigenvalue weighted by Gasteiger charge is 2.14. The molecular weight excluding hydrogens is 224 g/mol. The van der Waals surface area contributed by atoms with E-state index in [4.69, 9.17) is 10.5 Å². The third-order valence-corrected chi connectivity index (χ3v) is 3.41. The van der Waals surface area contributed by atoms with Gasteiger partial charge in [0, 0.05) is 29.7 Å². The molecule has 98 valence electrons. The van der Waals surface area contributed by atoms with Crippen LogP contribution < -0.4 is 10.5 Å². The first kappa shape index (κ1) is 13.0. The first-order chi connectivity index (χ1) is 8.58. The summed E-state index contributed by atoms with van der Waals surface area (Å²) in [4.78, 5) is 0. The summed E-state index contributed by atoms with van der Waals surface area (Å²) in [5.41, 5.74) is 9.65. The van der Waals surface area contributed by atoms with Crippen molar-refractivity contribution in [3.05, 3.63) is 29.5 Å². The van der Waals surface area contributed by atoms with Crippen LogP contribution in [0, 0.1) is 12.8 Å². The van der Waals surface area contributed by atoms with E-state index in [1.54, 1.807) is 7.11 Å². The van der Waals surface area contributed by atoms with Crippen molar-refractivity contribution in [1.29, 1.82) is 0 Å². The zero-order valence-electron chi connectivity index (χ0n) is 11.7. The van der Waals surface area contributed by atoms with Gasteiger partial charge in [-0.1, -0.05) is 13.8 Å². The summed E-state index contributed by atoms with van der Waals surface area (Å²) in [6.07, 6.45) is 0. The van der Waals surface area contributed by atoms with E-state index in [1.165, 1.54) is 22.2 Å². The van der Waals surface area contributed by atoms with Gasteiger partial charge in [0.25, 0.3) is 0 Å². The maximum Gasteiger partial charge on any atom is 0.119 e. The number of nitrogens with two attached hydrogens (primary N) is 1. The van der Waals surface area contributed by atoms with Gasteiger partial charge in [0.1, 0.15) is 5.75 Å². The number of rotatable bonds is 4. The molecule has 1 aromatic heterocycles. The molecule has 18 heavy (non-hydrogen) atoms. The molecule has 1 aromatic carbocycles. The quantitative estimate of drug-likeness (QED) is 0.900. The van der Waals surface area contributed by atoms with E-state index < -0.39 is 0 Å². The van der Waals surface area contributed by atoms with Gasteiger partial charge in [-0.15, -0.1) is 0 Å². The van der Waals surface area contributed by atoms with Crippen molar-refractivity contribution >= 4 is 10.9 Å². The smallest absolute Gasteiger partial charge is 0.119 e. The Labute approximate surface area is 109 Å². The summed E-state index contributed by atoms with van der Waals surface area (Å²) in [5, 5.41) is 1.22. The first-order valence-corrected chi connectivity index (χ1v) is 6.44. The van der Waals surface area contributed by atoms with Crippen LogP contribution in [0.3, 0.4) is 0 Å². The second kappa shape index (κ2) is 5.02. The maximum absolute atomic E-state index is 5.90. The van der Waals surface area contributed by atoms with Gasteiger partial charge in [-0.3, -0.25) is 0 Å². The van der Waals surface area contributed by atoms with Gasteiger partial charge in [-0.2, -0.15) is 0 Å². The summed E-state index contributed by atoms with van der Waals surface area (Å²) < 4.78 is 7.66. The number of ether oxygens (including phenoxy) is 1. The number of benzene rings is 1. The Kier molecular flexibility index (Phi) is 3.62. The van der Waals surface area contributed by atoms with Crippen LogP contribution in [0.1, 0.15) is 25.1 Å². The number of hydrogen-bond acceptors (Lipinski definition) is 2. The molecule has 2 rings (SSSR count). The molecule has 3 heteroatoms. The summed E-state index contributed by atoms with van der Waals surface area (Å²) >= 11 is 0. The highest BCUT2D eigenvalue weighted by Crippen LogP contribution is 2.29. The second-order valence-electron chi connectivity index (χ2n) is 5.16. The first-order valence-electron chi connectivity index (χ1n) is 6.44. The fourth-order valence-electron chi connectivity index (χ4n) is 2.52. The molecule has 0 radical (unpaired) electrons. The van der Waals surface area contributed by atoms with E-state index in [0.29, 0.717) is 12.5 Å². The fraction of sp³-hybridized carbons (Fsp3) is 0.467. The van der Waals surface area contributed by atoms with Gasteiger partial charge in [-0.25, -0.2) is 0 Å². The van der Waals surface area contributed by atoms with Gasteiger partial charge in [0.2, 0.25) is 0 Å². The summed E-state index contributed by atoms with van der Waals surface area (Å²) in [7, 11) is 1.70. The molecule has 0 unspecified atom stereocenters. The van der Waals surface area contributed by atoms with Crippen molar-refractivity contribution < 1.29 is 4.74 Å². The molecule has 0 saturated heterocycles. The van der Waals surface area contributed by atoms with Crippen molar-refractivity contribution in [3.63, 3.8) is 0 Å². The molecule has 0 atom stereocenters. The summed E-state index contributed by atoms with van der Waals surface area (Å²) in [6.45, 7) is 8.21. The Balaban J connectivity index is 2.67. The predicted molar refractivity (Wildman–Crippen MR) is 76.0 cm³/mol. The second-order valence-corrected chi connectivity index (χ2v) is 5.16. The molecule has 0 aliphatic heterocycles. The topological polar surface area (TPSA) is 40.2 Å². The highest BCUT2D eigenvalue weighted by atomic mass is 16.5. The molecular formula is C15H22N2O. The Bertz CT molecular complexity index is 555. The Morgan fingerprint density at radius 1 is 1.33 bits per heavy atom. The number of methoxy groups -OCH3 is 1. The van der Waals surface area contributed by atoms with Gasteiger partial charge in [-0.05, 0) is 36.6 Å². The highest BCUT2D eigenvalue weighted by molar-refractivity contribution is 5.86. The molecule has 0 fully saturated rings. The zero-order valence-corrected chi connectivity index (χ0v) is 11.7. The predicted octanol–water partition coefficient (Wildman–Crippen LogP) is 3.07. The lowest BCUT2D eigenvalue weighted by atomic mass is 10.1. The van der Waals surface area contributed by atoms with E-state index in [2.05, 4.69) is 37.5 Å². The number of hydrogen-bond donors (Lipinski definition) is 1. The lowest BCUT2D eigenvalue weighted by molar-refractivity contribution is 0.415. The fourth-order valence-corrected chi connectivity index (χ4v) is 2.52. The van der Waals surface area contributed by atoms with Crippen molar-refractivity contribution in [2.75, 3.05) is 7.11 Å². The van der Waals surface area contributed by atoms with Crippen LogP contribution in [-0.4, -0.2) is 11.7 Å². The molecule has 3 nitrogen and oxygen atoms in total. The Morgan fingerprint density at radius 2 is 2.06 bits per heavy atom. The van der Waals surface area contributed by atoms with Gasteiger partial charge in [0.05, 0.1) is 7.11 Å². The third kappa shape index (κ3) is 2.10. The average Bonchev–Trinajstić information content (AvgIpc) is 2.61. The summed E-state index contributed by atoms with van der Waals surface area (Å²) in [5.74, 6) is 1.51. The van der Waals surface area contributed by atoms with E-state index in [-0.39, 0.29) is 0 Å². The zero-order chi connectivity index (χ0) is 13.3. The molecule has 2 N–H and O–H groups in total. The van der Waals surface area contributed by atoms with Crippen LogP contribution in [0.5, 0.6) is 5.75 Å².